The number of urea groups is 1. The fourth-order valence-corrected chi connectivity index (χ4v) is 2.97. The van der Waals surface area contributed by atoms with Crippen LogP contribution < -0.4 is 15.4 Å². The van der Waals surface area contributed by atoms with Crippen molar-refractivity contribution in [2.45, 2.75) is 19.1 Å². The zero-order chi connectivity index (χ0) is 22.1. The van der Waals surface area contributed by atoms with Crippen molar-refractivity contribution in [3.63, 3.8) is 0 Å². The third-order valence-corrected chi connectivity index (χ3v) is 4.49. The lowest BCUT2D eigenvalue weighted by Gasteiger charge is -2.19. The van der Waals surface area contributed by atoms with Crippen molar-refractivity contribution < 1.29 is 23.5 Å². The van der Waals surface area contributed by atoms with Gasteiger partial charge in [-0.3, -0.25) is 4.79 Å². The van der Waals surface area contributed by atoms with Crippen molar-refractivity contribution in [2.24, 2.45) is 0 Å². The van der Waals surface area contributed by atoms with Gasteiger partial charge in [0, 0.05) is 11.8 Å². The molecular weight excluding hydrogens is 399 g/mol. The zero-order valence-corrected chi connectivity index (χ0v) is 17.0. The Hall–Kier alpha value is -3.87. The number of halogens is 1. The van der Waals surface area contributed by atoms with Gasteiger partial charge in [-0.1, -0.05) is 48.5 Å². The topological polar surface area (TPSA) is 76.7 Å². The van der Waals surface area contributed by atoms with Crippen LogP contribution in [0.1, 0.15) is 23.6 Å². The first kappa shape index (κ1) is 21.8. The molecule has 31 heavy (non-hydrogen) atoms. The van der Waals surface area contributed by atoms with Crippen molar-refractivity contribution in [3.05, 3.63) is 95.8 Å². The number of hydrogen-bond acceptors (Lipinski definition) is 4. The molecule has 0 saturated heterocycles. The van der Waals surface area contributed by atoms with Crippen molar-refractivity contribution in [1.82, 2.24) is 5.32 Å². The maximum atomic E-state index is 13.3. The van der Waals surface area contributed by atoms with Crippen LogP contribution in [0.25, 0.3) is 0 Å². The van der Waals surface area contributed by atoms with Gasteiger partial charge >= 0.3 is 12.0 Å². The van der Waals surface area contributed by atoms with E-state index in [0.717, 1.165) is 5.56 Å². The van der Waals surface area contributed by atoms with Crippen LogP contribution in [0.2, 0.25) is 0 Å². The Labute approximate surface area is 180 Å². The number of hydrogen-bond donors (Lipinski definition) is 2. The number of amides is 2. The first-order chi connectivity index (χ1) is 15.0. The van der Waals surface area contributed by atoms with Crippen LogP contribution in [0.3, 0.4) is 0 Å². The summed E-state index contributed by atoms with van der Waals surface area (Å²) in [6, 6.07) is 21.2. The molecule has 0 radical (unpaired) electrons. The Kier molecular flexibility index (Phi) is 7.59. The standard InChI is InChI=1S/C24H23FN2O4/c1-30-23(28)15-22(18-8-3-2-4-9-18)27-24(29)26-20-11-6-12-21(14-20)31-16-17-7-5-10-19(25)13-17/h2-14,22H,15-16H2,1H3,(H2,26,27,29). The molecule has 160 valence electrons. The quantitative estimate of drug-likeness (QED) is 0.510. The van der Waals surface area contributed by atoms with Gasteiger partial charge in [-0.2, -0.15) is 0 Å². The Morgan fingerprint density at radius 2 is 1.74 bits per heavy atom. The fourth-order valence-electron chi connectivity index (χ4n) is 2.97. The second-order valence-corrected chi connectivity index (χ2v) is 6.79. The van der Waals surface area contributed by atoms with E-state index in [1.54, 1.807) is 36.4 Å². The highest BCUT2D eigenvalue weighted by molar-refractivity contribution is 5.90. The molecule has 6 nitrogen and oxygen atoms in total. The smallest absolute Gasteiger partial charge is 0.319 e. The molecular formula is C24H23FN2O4. The van der Waals surface area contributed by atoms with E-state index in [9.17, 15) is 14.0 Å². The van der Waals surface area contributed by atoms with E-state index in [0.29, 0.717) is 17.0 Å². The SMILES string of the molecule is COC(=O)CC(NC(=O)Nc1cccc(OCc2cccc(F)c2)c1)c1ccccc1. The minimum atomic E-state index is -0.541. The van der Waals surface area contributed by atoms with E-state index >= 15 is 0 Å². The molecule has 0 aliphatic rings. The van der Waals surface area contributed by atoms with E-state index < -0.39 is 18.0 Å². The van der Waals surface area contributed by atoms with Gasteiger partial charge in [-0.05, 0) is 35.4 Å². The maximum absolute atomic E-state index is 13.3. The fraction of sp³-hybridized carbons (Fsp3) is 0.167. The predicted octanol–water partition coefficient (Wildman–Crippen LogP) is 4.83. The van der Waals surface area contributed by atoms with Crippen molar-refractivity contribution >= 4 is 17.7 Å². The summed E-state index contributed by atoms with van der Waals surface area (Å²) < 4.78 is 23.7. The van der Waals surface area contributed by atoms with Crippen LogP contribution in [0.15, 0.2) is 78.9 Å². The molecule has 3 rings (SSSR count). The van der Waals surface area contributed by atoms with E-state index in [1.165, 1.54) is 19.2 Å². The van der Waals surface area contributed by atoms with Crippen LogP contribution >= 0.6 is 0 Å². The number of methoxy groups -OCH3 is 1. The highest BCUT2D eigenvalue weighted by atomic mass is 19.1. The third kappa shape index (κ3) is 6.85. The molecule has 0 spiro atoms. The number of esters is 1. The molecule has 2 amide bonds. The van der Waals surface area contributed by atoms with Gasteiger partial charge in [0.25, 0.3) is 0 Å². The van der Waals surface area contributed by atoms with Crippen LogP contribution in [0.4, 0.5) is 14.9 Å². The first-order valence-electron chi connectivity index (χ1n) is 9.70. The van der Waals surface area contributed by atoms with Crippen LogP contribution in [0.5, 0.6) is 5.75 Å². The Morgan fingerprint density at radius 3 is 2.48 bits per heavy atom. The van der Waals surface area contributed by atoms with Gasteiger partial charge < -0.3 is 20.1 Å². The number of carbonyl (C=O) groups is 2. The first-order valence-corrected chi connectivity index (χ1v) is 9.70. The van der Waals surface area contributed by atoms with Gasteiger partial charge in [0.15, 0.2) is 0 Å². The number of nitrogens with one attached hydrogen (secondary N) is 2. The molecule has 0 heterocycles. The summed E-state index contributed by atoms with van der Waals surface area (Å²) in [5.41, 5.74) is 2.00. The summed E-state index contributed by atoms with van der Waals surface area (Å²) >= 11 is 0. The molecule has 0 saturated carbocycles. The molecule has 0 fully saturated rings. The lowest BCUT2D eigenvalue weighted by atomic mass is 10.0. The summed E-state index contributed by atoms with van der Waals surface area (Å²) in [5.74, 6) is -0.230. The summed E-state index contributed by atoms with van der Waals surface area (Å²) in [4.78, 5) is 24.3. The van der Waals surface area contributed by atoms with Gasteiger partial charge in [0.1, 0.15) is 18.2 Å². The highest BCUT2D eigenvalue weighted by Crippen LogP contribution is 2.20. The summed E-state index contributed by atoms with van der Waals surface area (Å²) in [5, 5.41) is 5.54. The zero-order valence-electron chi connectivity index (χ0n) is 17.0. The van der Waals surface area contributed by atoms with Gasteiger partial charge in [0.2, 0.25) is 0 Å². The number of carbonyl (C=O) groups excluding carboxylic acids is 2. The number of ether oxygens (including phenoxy) is 2. The largest absolute Gasteiger partial charge is 0.489 e. The second-order valence-electron chi connectivity index (χ2n) is 6.79. The summed E-state index contributed by atoms with van der Waals surface area (Å²) in [7, 11) is 1.31. The van der Waals surface area contributed by atoms with Crippen LogP contribution in [-0.4, -0.2) is 19.1 Å². The highest BCUT2D eigenvalue weighted by Gasteiger charge is 2.19. The van der Waals surface area contributed by atoms with Crippen LogP contribution in [0, 0.1) is 5.82 Å². The molecule has 0 aliphatic heterocycles. The van der Waals surface area contributed by atoms with E-state index in [4.69, 9.17) is 9.47 Å². The van der Waals surface area contributed by atoms with E-state index in [-0.39, 0.29) is 18.8 Å². The number of benzene rings is 3. The summed E-state index contributed by atoms with van der Waals surface area (Å²) in [6.07, 6.45) is 0.00468. The number of anilines is 1. The Bertz CT molecular complexity index is 1030. The normalized spacial score (nSPS) is 11.3. The maximum Gasteiger partial charge on any atom is 0.319 e. The molecule has 3 aromatic carbocycles. The minimum absolute atomic E-state index is 0.00468. The lowest BCUT2D eigenvalue weighted by molar-refractivity contribution is -0.141. The van der Waals surface area contributed by atoms with Gasteiger partial charge in [-0.15, -0.1) is 0 Å². The van der Waals surface area contributed by atoms with Crippen LogP contribution in [-0.2, 0) is 16.1 Å². The Morgan fingerprint density at radius 1 is 0.968 bits per heavy atom. The predicted molar refractivity (Wildman–Crippen MR) is 115 cm³/mol. The van der Waals surface area contributed by atoms with Gasteiger partial charge in [0.05, 0.1) is 19.6 Å². The third-order valence-electron chi connectivity index (χ3n) is 4.49. The molecule has 0 aliphatic carbocycles. The van der Waals surface area contributed by atoms with Crippen molar-refractivity contribution in [2.75, 3.05) is 12.4 Å². The molecule has 0 aromatic heterocycles. The number of rotatable bonds is 8. The molecule has 3 aromatic rings. The molecule has 0 bridgehead atoms. The molecule has 1 unspecified atom stereocenters. The Balaban J connectivity index is 1.62. The van der Waals surface area contributed by atoms with Gasteiger partial charge in [-0.25, -0.2) is 9.18 Å². The van der Waals surface area contributed by atoms with Crippen molar-refractivity contribution in [3.8, 4) is 5.75 Å². The molecule has 2 N–H and O–H groups in total. The minimum Gasteiger partial charge on any atom is -0.489 e. The molecule has 7 heteroatoms. The van der Waals surface area contributed by atoms with E-state index in [2.05, 4.69) is 10.6 Å². The van der Waals surface area contributed by atoms with E-state index in [1.807, 2.05) is 30.3 Å². The average molecular weight is 422 g/mol. The average Bonchev–Trinajstić information content (AvgIpc) is 2.78. The summed E-state index contributed by atoms with van der Waals surface area (Å²) in [6.45, 7) is 0.197. The molecule has 1 atom stereocenters. The lowest BCUT2D eigenvalue weighted by Crippen LogP contribution is -2.34. The second kappa shape index (κ2) is 10.8. The monoisotopic (exact) mass is 422 g/mol. The van der Waals surface area contributed by atoms with Crippen molar-refractivity contribution in [1.29, 1.82) is 0 Å².